The average molecular weight is 433 g/mol. The van der Waals surface area contributed by atoms with Gasteiger partial charge in [-0.3, -0.25) is 0 Å². The van der Waals surface area contributed by atoms with Gasteiger partial charge in [0.25, 0.3) is 0 Å². The molecule has 1 fully saturated rings. The fourth-order valence-corrected chi connectivity index (χ4v) is 5.04. The molecule has 0 radical (unpaired) electrons. The summed E-state index contributed by atoms with van der Waals surface area (Å²) in [5.74, 6) is 0.387. The Labute approximate surface area is 175 Å². The number of anilines is 1. The van der Waals surface area contributed by atoms with Crippen LogP contribution in [0, 0.1) is 0 Å². The third-order valence-corrected chi connectivity index (χ3v) is 6.70. The van der Waals surface area contributed by atoms with E-state index in [1.807, 2.05) is 18.7 Å². The molecule has 3 aromatic rings. The van der Waals surface area contributed by atoms with Crippen LogP contribution < -0.4 is 4.90 Å². The SMILES string of the molecule is C[C@@H]1CN(c2oc(-c3ccccc3Cl)nc2S(=O)(=O)c2ccccc2)C[C@H](C)O1. The quantitative estimate of drug-likeness (QED) is 0.606. The second-order valence-corrected chi connectivity index (χ2v) is 9.36. The summed E-state index contributed by atoms with van der Waals surface area (Å²) in [6.45, 7) is 4.89. The van der Waals surface area contributed by atoms with Gasteiger partial charge >= 0.3 is 0 Å². The van der Waals surface area contributed by atoms with Crippen molar-refractivity contribution in [1.82, 2.24) is 4.98 Å². The fourth-order valence-electron chi connectivity index (χ4n) is 3.48. The third-order valence-electron chi connectivity index (χ3n) is 4.70. The van der Waals surface area contributed by atoms with Crippen molar-refractivity contribution in [1.29, 1.82) is 0 Å². The van der Waals surface area contributed by atoms with Crippen LogP contribution in [0.25, 0.3) is 11.5 Å². The molecule has 2 aromatic carbocycles. The number of aromatic nitrogens is 1. The fraction of sp³-hybridized carbons (Fsp3) is 0.286. The highest BCUT2D eigenvalue weighted by molar-refractivity contribution is 7.91. The first kappa shape index (κ1) is 19.9. The first-order chi connectivity index (χ1) is 13.9. The van der Waals surface area contributed by atoms with Gasteiger partial charge in [0.05, 0.1) is 27.7 Å². The van der Waals surface area contributed by atoms with E-state index in [9.17, 15) is 8.42 Å². The molecule has 4 rings (SSSR count). The number of ether oxygens (including phenoxy) is 1. The molecule has 1 aliphatic heterocycles. The third kappa shape index (κ3) is 3.90. The summed E-state index contributed by atoms with van der Waals surface area (Å²) in [5.41, 5.74) is 0.541. The summed E-state index contributed by atoms with van der Waals surface area (Å²) in [6, 6.07) is 15.3. The maximum Gasteiger partial charge on any atom is 0.236 e. The van der Waals surface area contributed by atoms with Crippen LogP contribution in [0.5, 0.6) is 0 Å². The lowest BCUT2D eigenvalue weighted by atomic mass is 10.2. The summed E-state index contributed by atoms with van der Waals surface area (Å²) >= 11 is 6.30. The Morgan fingerprint density at radius 1 is 1.00 bits per heavy atom. The number of benzene rings is 2. The highest BCUT2D eigenvalue weighted by Crippen LogP contribution is 2.37. The molecule has 0 spiro atoms. The highest BCUT2D eigenvalue weighted by atomic mass is 35.5. The molecule has 8 heteroatoms. The number of halogens is 1. The van der Waals surface area contributed by atoms with Gasteiger partial charge < -0.3 is 14.1 Å². The molecule has 29 heavy (non-hydrogen) atoms. The second kappa shape index (κ2) is 7.82. The lowest BCUT2D eigenvalue weighted by Gasteiger charge is -2.35. The predicted octanol–water partition coefficient (Wildman–Crippen LogP) is 4.44. The zero-order valence-corrected chi connectivity index (χ0v) is 17.7. The number of nitrogens with zero attached hydrogens (tertiary/aromatic N) is 2. The topological polar surface area (TPSA) is 72.6 Å². The Bertz CT molecular complexity index is 1100. The van der Waals surface area contributed by atoms with Gasteiger partial charge in [0, 0.05) is 13.1 Å². The van der Waals surface area contributed by atoms with E-state index in [4.69, 9.17) is 20.8 Å². The molecule has 0 bridgehead atoms. The molecule has 1 aliphatic rings. The van der Waals surface area contributed by atoms with Crippen molar-refractivity contribution >= 4 is 27.3 Å². The van der Waals surface area contributed by atoms with Gasteiger partial charge in [-0.15, -0.1) is 0 Å². The number of morpholine rings is 1. The van der Waals surface area contributed by atoms with Gasteiger partial charge in [0.2, 0.25) is 26.6 Å². The number of sulfone groups is 1. The molecule has 0 N–H and O–H groups in total. The van der Waals surface area contributed by atoms with Gasteiger partial charge in [0.1, 0.15) is 0 Å². The van der Waals surface area contributed by atoms with E-state index in [0.29, 0.717) is 23.7 Å². The van der Waals surface area contributed by atoms with Crippen molar-refractivity contribution in [3.8, 4) is 11.5 Å². The lowest BCUT2D eigenvalue weighted by molar-refractivity contribution is -0.00657. The Balaban J connectivity index is 1.88. The number of rotatable bonds is 4. The smallest absolute Gasteiger partial charge is 0.236 e. The second-order valence-electron chi connectivity index (χ2n) is 7.09. The van der Waals surface area contributed by atoms with E-state index in [2.05, 4.69) is 4.98 Å². The molecule has 1 saturated heterocycles. The Morgan fingerprint density at radius 3 is 2.28 bits per heavy atom. The van der Waals surface area contributed by atoms with Gasteiger partial charge in [-0.25, -0.2) is 8.42 Å². The minimum atomic E-state index is -3.88. The van der Waals surface area contributed by atoms with Gasteiger partial charge in [-0.05, 0) is 38.1 Å². The van der Waals surface area contributed by atoms with Crippen LogP contribution in [0.1, 0.15) is 13.8 Å². The summed E-state index contributed by atoms with van der Waals surface area (Å²) in [5, 5.41) is 0.326. The van der Waals surface area contributed by atoms with Crippen molar-refractivity contribution < 1.29 is 17.6 Å². The number of oxazole rings is 1. The standard InChI is InChI=1S/C21H21ClN2O4S/c1-14-12-24(13-15(2)27-14)21-20(29(25,26)16-8-4-3-5-9-16)23-19(28-21)17-10-6-7-11-18(17)22/h3-11,14-15H,12-13H2,1-2H3/t14-,15+. The van der Waals surface area contributed by atoms with E-state index in [1.165, 1.54) is 0 Å². The Kier molecular flexibility index (Phi) is 5.38. The van der Waals surface area contributed by atoms with Crippen LogP contribution in [0.3, 0.4) is 0 Å². The molecule has 0 unspecified atom stereocenters. The molecule has 6 nitrogen and oxygen atoms in total. The molecular formula is C21H21ClN2O4S. The molecule has 0 amide bonds. The molecule has 152 valence electrons. The van der Waals surface area contributed by atoms with Crippen LogP contribution in [0.4, 0.5) is 5.88 Å². The summed E-state index contributed by atoms with van der Waals surface area (Å²) < 4.78 is 38.6. The zero-order valence-electron chi connectivity index (χ0n) is 16.1. The van der Waals surface area contributed by atoms with Crippen molar-refractivity contribution in [2.24, 2.45) is 0 Å². The summed E-state index contributed by atoms with van der Waals surface area (Å²) in [7, 11) is -3.88. The monoisotopic (exact) mass is 432 g/mol. The Morgan fingerprint density at radius 2 is 1.62 bits per heavy atom. The molecule has 2 heterocycles. The van der Waals surface area contributed by atoms with Gasteiger partial charge in [-0.2, -0.15) is 4.98 Å². The van der Waals surface area contributed by atoms with Crippen molar-refractivity contribution in [3.63, 3.8) is 0 Å². The van der Waals surface area contributed by atoms with Crippen LogP contribution in [0.15, 0.2) is 68.9 Å². The molecule has 1 aromatic heterocycles. The van der Waals surface area contributed by atoms with Crippen LogP contribution in [-0.4, -0.2) is 38.7 Å². The van der Waals surface area contributed by atoms with E-state index >= 15 is 0 Å². The minimum absolute atomic E-state index is 0.0695. The normalized spacial score (nSPS) is 20.0. The van der Waals surface area contributed by atoms with Crippen molar-refractivity contribution in [3.05, 3.63) is 59.6 Å². The highest BCUT2D eigenvalue weighted by Gasteiger charge is 2.34. The zero-order chi connectivity index (χ0) is 20.6. The summed E-state index contributed by atoms with van der Waals surface area (Å²) in [4.78, 5) is 6.43. The van der Waals surface area contributed by atoms with E-state index in [0.717, 1.165) is 0 Å². The van der Waals surface area contributed by atoms with E-state index in [1.54, 1.807) is 54.6 Å². The minimum Gasteiger partial charge on any atom is -0.419 e. The maximum atomic E-state index is 13.4. The first-order valence-electron chi connectivity index (χ1n) is 9.32. The van der Waals surface area contributed by atoms with E-state index < -0.39 is 9.84 Å². The van der Waals surface area contributed by atoms with Crippen LogP contribution >= 0.6 is 11.6 Å². The predicted molar refractivity (Wildman–Crippen MR) is 111 cm³/mol. The van der Waals surface area contributed by atoms with Crippen LogP contribution in [-0.2, 0) is 14.6 Å². The lowest BCUT2D eigenvalue weighted by Crippen LogP contribution is -2.45. The number of hydrogen-bond acceptors (Lipinski definition) is 6. The average Bonchev–Trinajstić information content (AvgIpc) is 3.14. The first-order valence-corrected chi connectivity index (χ1v) is 11.2. The molecule has 0 aliphatic carbocycles. The molecule has 2 atom stereocenters. The van der Waals surface area contributed by atoms with Crippen molar-refractivity contribution in [2.45, 2.75) is 36.0 Å². The van der Waals surface area contributed by atoms with Crippen LogP contribution in [0.2, 0.25) is 5.02 Å². The number of hydrogen-bond donors (Lipinski definition) is 0. The Hall–Kier alpha value is -2.35. The molecular weight excluding hydrogens is 412 g/mol. The summed E-state index contributed by atoms with van der Waals surface area (Å²) in [6.07, 6.45) is -0.139. The van der Waals surface area contributed by atoms with Gasteiger partial charge in [0.15, 0.2) is 0 Å². The molecule has 0 saturated carbocycles. The largest absolute Gasteiger partial charge is 0.419 e. The maximum absolute atomic E-state index is 13.4. The van der Waals surface area contributed by atoms with Gasteiger partial charge in [-0.1, -0.05) is 41.9 Å². The van der Waals surface area contributed by atoms with E-state index in [-0.39, 0.29) is 33.9 Å². The van der Waals surface area contributed by atoms with Crippen molar-refractivity contribution in [2.75, 3.05) is 18.0 Å².